The third-order valence-electron chi connectivity index (χ3n) is 4.08. The predicted molar refractivity (Wildman–Crippen MR) is 76.1 cm³/mol. The van der Waals surface area contributed by atoms with Gasteiger partial charge < -0.3 is 9.88 Å². The lowest BCUT2D eigenvalue weighted by Crippen LogP contribution is -2.33. The van der Waals surface area contributed by atoms with Crippen molar-refractivity contribution in [2.75, 3.05) is 11.9 Å². The van der Waals surface area contributed by atoms with Crippen molar-refractivity contribution in [3.05, 3.63) is 24.5 Å². The summed E-state index contributed by atoms with van der Waals surface area (Å²) in [6.07, 6.45) is 7.39. The summed E-state index contributed by atoms with van der Waals surface area (Å²) in [7, 11) is 1.87. The first-order valence-electron chi connectivity index (χ1n) is 6.96. The molecule has 1 aromatic carbocycles. The zero-order chi connectivity index (χ0) is 13.2. The molecule has 0 saturated heterocycles. The van der Waals surface area contributed by atoms with Crippen LogP contribution in [0.2, 0.25) is 0 Å². The topological polar surface area (TPSA) is 49.0 Å². The summed E-state index contributed by atoms with van der Waals surface area (Å²) in [6, 6.07) is 5.90. The second-order valence-corrected chi connectivity index (χ2v) is 5.34. The van der Waals surface area contributed by atoms with Gasteiger partial charge in [0.2, 0.25) is 5.91 Å². The molecule has 1 fully saturated rings. The Hall–Kier alpha value is -1.84. The van der Waals surface area contributed by atoms with E-state index in [9.17, 15) is 4.79 Å². The van der Waals surface area contributed by atoms with Gasteiger partial charge >= 0.3 is 0 Å². The summed E-state index contributed by atoms with van der Waals surface area (Å²) in [5.41, 5.74) is 2.84. The Bertz CT molecular complexity index is 584. The molecule has 0 atom stereocenters. The smallest absolute Gasteiger partial charge is 0.229 e. The predicted octanol–water partition coefficient (Wildman–Crippen LogP) is 3.11. The van der Waals surface area contributed by atoms with Crippen LogP contribution in [0.5, 0.6) is 0 Å². The Kier molecular flexibility index (Phi) is 3.23. The highest BCUT2D eigenvalue weighted by molar-refractivity contribution is 5.96. The van der Waals surface area contributed by atoms with Crippen molar-refractivity contribution in [1.82, 2.24) is 9.97 Å². The molecule has 1 amide bonds. The number of carbonyl (C=O) groups is 1. The zero-order valence-electron chi connectivity index (χ0n) is 11.2. The molecule has 0 unspecified atom stereocenters. The molecule has 1 heterocycles. The van der Waals surface area contributed by atoms with Crippen molar-refractivity contribution in [2.45, 2.75) is 32.1 Å². The van der Waals surface area contributed by atoms with Gasteiger partial charge in [-0.15, -0.1) is 0 Å². The summed E-state index contributed by atoms with van der Waals surface area (Å²) < 4.78 is 0. The first-order chi connectivity index (χ1) is 9.25. The maximum Gasteiger partial charge on any atom is 0.229 e. The minimum atomic E-state index is 0.205. The maximum absolute atomic E-state index is 12.5. The maximum atomic E-state index is 12.5. The molecule has 0 spiro atoms. The van der Waals surface area contributed by atoms with E-state index < -0.39 is 0 Å². The Morgan fingerprint density at radius 1 is 1.32 bits per heavy atom. The van der Waals surface area contributed by atoms with E-state index in [1.54, 1.807) is 11.2 Å². The normalized spacial score (nSPS) is 16.7. The Morgan fingerprint density at radius 3 is 2.89 bits per heavy atom. The van der Waals surface area contributed by atoms with E-state index in [-0.39, 0.29) is 11.8 Å². The molecule has 19 heavy (non-hydrogen) atoms. The van der Waals surface area contributed by atoms with Crippen LogP contribution in [0.4, 0.5) is 5.69 Å². The SMILES string of the molecule is CN(C(=O)C1CCCCC1)c1ccc2nc[nH]c2c1. The van der Waals surface area contributed by atoms with Gasteiger partial charge in [-0.1, -0.05) is 19.3 Å². The third-order valence-corrected chi connectivity index (χ3v) is 4.08. The summed E-state index contributed by atoms with van der Waals surface area (Å²) in [4.78, 5) is 21.5. The van der Waals surface area contributed by atoms with Gasteiger partial charge in [-0.2, -0.15) is 0 Å². The van der Waals surface area contributed by atoms with Crippen LogP contribution in [0.15, 0.2) is 24.5 Å². The lowest BCUT2D eigenvalue weighted by Gasteiger charge is -2.26. The summed E-state index contributed by atoms with van der Waals surface area (Å²) in [5.74, 6) is 0.453. The molecule has 100 valence electrons. The van der Waals surface area contributed by atoms with E-state index >= 15 is 0 Å². The Balaban J connectivity index is 1.81. The largest absolute Gasteiger partial charge is 0.345 e. The minimum Gasteiger partial charge on any atom is -0.345 e. The van der Waals surface area contributed by atoms with Gasteiger partial charge in [-0.3, -0.25) is 4.79 Å². The van der Waals surface area contributed by atoms with E-state index in [2.05, 4.69) is 9.97 Å². The second kappa shape index (κ2) is 5.03. The highest BCUT2D eigenvalue weighted by atomic mass is 16.2. The molecule has 0 bridgehead atoms. The summed E-state index contributed by atoms with van der Waals surface area (Å²) in [5, 5.41) is 0. The highest BCUT2D eigenvalue weighted by Gasteiger charge is 2.24. The highest BCUT2D eigenvalue weighted by Crippen LogP contribution is 2.27. The number of benzene rings is 1. The van der Waals surface area contributed by atoms with E-state index in [1.165, 1.54) is 19.3 Å². The quantitative estimate of drug-likeness (QED) is 0.898. The molecule has 1 aromatic heterocycles. The average molecular weight is 257 g/mol. The molecule has 1 aliphatic carbocycles. The number of amides is 1. The number of hydrogen-bond donors (Lipinski definition) is 1. The third kappa shape index (κ3) is 2.35. The van der Waals surface area contributed by atoms with E-state index in [0.29, 0.717) is 0 Å². The van der Waals surface area contributed by atoms with Gasteiger partial charge in [-0.25, -0.2) is 4.98 Å². The van der Waals surface area contributed by atoms with Crippen molar-refractivity contribution < 1.29 is 4.79 Å². The second-order valence-electron chi connectivity index (χ2n) is 5.34. The van der Waals surface area contributed by atoms with Crippen molar-refractivity contribution >= 4 is 22.6 Å². The standard InChI is InChI=1S/C15H19N3O/c1-18(15(19)11-5-3-2-4-6-11)12-7-8-13-14(9-12)17-10-16-13/h7-11H,2-6H2,1H3,(H,16,17). The number of nitrogens with one attached hydrogen (secondary N) is 1. The van der Waals surface area contributed by atoms with Crippen LogP contribution in [-0.2, 0) is 4.79 Å². The number of fused-ring (bicyclic) bond motifs is 1. The van der Waals surface area contributed by atoms with Crippen molar-refractivity contribution in [3.63, 3.8) is 0 Å². The molecule has 3 rings (SSSR count). The number of aromatic nitrogens is 2. The number of nitrogens with zero attached hydrogens (tertiary/aromatic N) is 2. The number of H-pyrrole nitrogens is 1. The minimum absolute atomic E-state index is 0.205. The fraction of sp³-hybridized carbons (Fsp3) is 0.467. The van der Waals surface area contributed by atoms with Crippen LogP contribution in [0.3, 0.4) is 0 Å². The lowest BCUT2D eigenvalue weighted by atomic mass is 9.88. The van der Waals surface area contributed by atoms with Gasteiger partial charge in [0, 0.05) is 18.7 Å². The average Bonchev–Trinajstić information content (AvgIpc) is 2.94. The van der Waals surface area contributed by atoms with E-state index in [4.69, 9.17) is 0 Å². The van der Waals surface area contributed by atoms with Gasteiger partial charge in [0.05, 0.1) is 17.4 Å². The Labute approximate surface area is 112 Å². The number of rotatable bonds is 2. The number of hydrogen-bond acceptors (Lipinski definition) is 2. The van der Waals surface area contributed by atoms with Gasteiger partial charge in [-0.05, 0) is 31.0 Å². The molecule has 1 aliphatic rings. The molecular formula is C15H19N3O. The summed E-state index contributed by atoms with van der Waals surface area (Å²) >= 11 is 0. The monoisotopic (exact) mass is 257 g/mol. The van der Waals surface area contributed by atoms with Crippen LogP contribution < -0.4 is 4.90 Å². The number of anilines is 1. The lowest BCUT2D eigenvalue weighted by molar-refractivity contribution is -0.123. The van der Waals surface area contributed by atoms with E-state index in [0.717, 1.165) is 29.6 Å². The summed E-state index contributed by atoms with van der Waals surface area (Å²) in [6.45, 7) is 0. The fourth-order valence-electron chi connectivity index (χ4n) is 2.88. The van der Waals surface area contributed by atoms with Crippen LogP contribution >= 0.6 is 0 Å². The molecule has 2 aromatic rings. The van der Waals surface area contributed by atoms with Gasteiger partial charge in [0.25, 0.3) is 0 Å². The Morgan fingerprint density at radius 2 is 2.11 bits per heavy atom. The first kappa shape index (κ1) is 12.2. The van der Waals surface area contributed by atoms with Crippen molar-refractivity contribution in [1.29, 1.82) is 0 Å². The fourth-order valence-corrected chi connectivity index (χ4v) is 2.88. The molecule has 1 saturated carbocycles. The molecule has 0 aliphatic heterocycles. The first-order valence-corrected chi connectivity index (χ1v) is 6.96. The number of aromatic amines is 1. The van der Waals surface area contributed by atoms with Crippen molar-refractivity contribution in [3.8, 4) is 0 Å². The van der Waals surface area contributed by atoms with Crippen LogP contribution in [-0.4, -0.2) is 22.9 Å². The van der Waals surface area contributed by atoms with Crippen LogP contribution in [0.25, 0.3) is 11.0 Å². The number of carbonyl (C=O) groups excluding carboxylic acids is 1. The van der Waals surface area contributed by atoms with E-state index in [1.807, 2.05) is 25.2 Å². The van der Waals surface area contributed by atoms with Crippen molar-refractivity contribution in [2.24, 2.45) is 5.92 Å². The molecule has 4 heteroatoms. The number of imidazole rings is 1. The zero-order valence-corrected chi connectivity index (χ0v) is 11.2. The molecular weight excluding hydrogens is 238 g/mol. The molecule has 0 radical (unpaired) electrons. The van der Waals surface area contributed by atoms with Gasteiger partial charge in [0.15, 0.2) is 0 Å². The molecule has 4 nitrogen and oxygen atoms in total. The molecule has 1 N–H and O–H groups in total. The van der Waals surface area contributed by atoms with Crippen LogP contribution in [0.1, 0.15) is 32.1 Å². The van der Waals surface area contributed by atoms with Gasteiger partial charge in [0.1, 0.15) is 0 Å². The van der Waals surface area contributed by atoms with Crippen LogP contribution in [0, 0.1) is 5.92 Å².